The number of benzene rings is 10. The third kappa shape index (κ3) is 4.11. The van der Waals surface area contributed by atoms with Crippen molar-refractivity contribution in [1.29, 1.82) is 0 Å². The molecule has 0 aliphatic heterocycles. The number of hydrogen-bond acceptors (Lipinski definition) is 0. The maximum Gasteiger partial charge on any atom is 0.0541 e. The van der Waals surface area contributed by atoms with Crippen LogP contribution in [0.5, 0.6) is 0 Å². The van der Waals surface area contributed by atoms with Crippen LogP contribution in [-0.4, -0.2) is 9.13 Å². The summed E-state index contributed by atoms with van der Waals surface area (Å²) in [5.41, 5.74) is 12.1. The van der Waals surface area contributed by atoms with Gasteiger partial charge in [0.05, 0.1) is 22.1 Å². The summed E-state index contributed by atoms with van der Waals surface area (Å²) in [6.07, 6.45) is 0. The summed E-state index contributed by atoms with van der Waals surface area (Å²) in [5, 5.41) is 12.8. The predicted octanol–water partition coefficient (Wildman–Crippen LogP) is 14.1. The summed E-state index contributed by atoms with van der Waals surface area (Å²) in [4.78, 5) is 0. The van der Waals surface area contributed by atoms with Gasteiger partial charge in [0.1, 0.15) is 0 Å². The second kappa shape index (κ2) is 11.2. The van der Waals surface area contributed by atoms with Gasteiger partial charge in [0.25, 0.3) is 0 Å². The van der Waals surface area contributed by atoms with Gasteiger partial charge in [-0.1, -0.05) is 133 Å². The lowest BCUT2D eigenvalue weighted by molar-refractivity contribution is 1.18. The van der Waals surface area contributed by atoms with E-state index in [0.717, 1.165) is 5.69 Å². The maximum absolute atomic E-state index is 2.44. The Labute approximate surface area is 311 Å². The molecule has 0 radical (unpaired) electrons. The molecular weight excluding hydrogens is 653 g/mol. The number of rotatable bonds is 4. The zero-order valence-corrected chi connectivity index (χ0v) is 29.4. The fraction of sp³-hybridized carbons (Fsp3) is 0. The van der Waals surface area contributed by atoms with Gasteiger partial charge in [0.15, 0.2) is 0 Å². The Balaban J connectivity index is 1.10. The minimum Gasteiger partial charge on any atom is -0.309 e. The molecule has 0 atom stereocenters. The van der Waals surface area contributed by atoms with E-state index in [0.29, 0.717) is 0 Å². The summed E-state index contributed by atoms with van der Waals surface area (Å²) in [6, 6.07) is 71.6. The molecule has 0 aliphatic rings. The molecule has 0 aliphatic carbocycles. The molecule has 0 spiro atoms. The molecule has 2 heterocycles. The van der Waals surface area contributed by atoms with E-state index >= 15 is 0 Å². The van der Waals surface area contributed by atoms with Crippen molar-refractivity contribution >= 4 is 75.9 Å². The van der Waals surface area contributed by atoms with E-state index in [2.05, 4.69) is 203 Å². The second-order valence-electron chi connectivity index (χ2n) is 14.5. The highest BCUT2D eigenvalue weighted by atomic mass is 15.0. The minimum absolute atomic E-state index is 1.16. The first-order chi connectivity index (χ1) is 26.8. The van der Waals surface area contributed by atoms with Gasteiger partial charge < -0.3 is 9.13 Å². The largest absolute Gasteiger partial charge is 0.309 e. The van der Waals surface area contributed by atoms with Crippen LogP contribution in [0, 0.1) is 0 Å². The molecule has 250 valence electrons. The Hall–Kier alpha value is -7.16. The first-order valence-corrected chi connectivity index (χ1v) is 18.7. The average Bonchev–Trinajstić information content (AvgIpc) is 3.76. The van der Waals surface area contributed by atoms with Crippen LogP contribution in [0.15, 0.2) is 194 Å². The lowest BCUT2D eigenvalue weighted by atomic mass is 9.85. The van der Waals surface area contributed by atoms with E-state index in [1.807, 2.05) is 0 Å². The van der Waals surface area contributed by atoms with Crippen LogP contribution < -0.4 is 0 Å². The summed E-state index contributed by atoms with van der Waals surface area (Å²) in [5.74, 6) is 0. The fourth-order valence-electron chi connectivity index (χ4n) is 9.30. The highest BCUT2D eigenvalue weighted by molar-refractivity contribution is 6.28. The molecule has 0 saturated carbocycles. The van der Waals surface area contributed by atoms with Crippen molar-refractivity contribution in [3.63, 3.8) is 0 Å². The van der Waals surface area contributed by atoms with Crippen LogP contribution in [0.25, 0.3) is 110 Å². The van der Waals surface area contributed by atoms with Crippen molar-refractivity contribution in [1.82, 2.24) is 9.13 Å². The zero-order chi connectivity index (χ0) is 35.3. The topological polar surface area (TPSA) is 9.86 Å². The fourth-order valence-corrected chi connectivity index (χ4v) is 9.30. The summed E-state index contributed by atoms with van der Waals surface area (Å²) >= 11 is 0. The molecule has 12 aromatic rings. The van der Waals surface area contributed by atoms with Crippen LogP contribution in [0.3, 0.4) is 0 Å². The first-order valence-electron chi connectivity index (χ1n) is 18.7. The number of hydrogen-bond donors (Lipinski definition) is 0. The normalized spacial score (nSPS) is 12.1. The first kappa shape index (κ1) is 29.4. The van der Waals surface area contributed by atoms with Gasteiger partial charge in [-0.25, -0.2) is 0 Å². The van der Waals surface area contributed by atoms with Crippen LogP contribution >= 0.6 is 0 Å². The van der Waals surface area contributed by atoms with E-state index in [1.165, 1.54) is 104 Å². The minimum atomic E-state index is 1.16. The van der Waals surface area contributed by atoms with E-state index in [9.17, 15) is 0 Å². The Morgan fingerprint density at radius 3 is 1.35 bits per heavy atom. The van der Waals surface area contributed by atoms with Gasteiger partial charge in [-0.2, -0.15) is 0 Å². The van der Waals surface area contributed by atoms with Gasteiger partial charge in [-0.05, 0) is 115 Å². The molecule has 2 aromatic heterocycles. The number of nitrogens with zero attached hydrogens (tertiary/aromatic N) is 2. The van der Waals surface area contributed by atoms with Crippen molar-refractivity contribution in [3.05, 3.63) is 194 Å². The third-order valence-corrected chi connectivity index (χ3v) is 11.7. The van der Waals surface area contributed by atoms with Crippen molar-refractivity contribution in [2.75, 3.05) is 0 Å². The smallest absolute Gasteiger partial charge is 0.0541 e. The van der Waals surface area contributed by atoms with Gasteiger partial charge in [0, 0.05) is 32.9 Å². The monoisotopic (exact) mass is 684 g/mol. The van der Waals surface area contributed by atoms with Crippen LogP contribution in [-0.2, 0) is 0 Å². The maximum atomic E-state index is 2.44. The molecule has 12 rings (SSSR count). The van der Waals surface area contributed by atoms with E-state index in [4.69, 9.17) is 0 Å². The lowest BCUT2D eigenvalue weighted by Crippen LogP contribution is -1.94. The lowest BCUT2D eigenvalue weighted by Gasteiger charge is -2.18. The Kier molecular flexibility index (Phi) is 6.09. The summed E-state index contributed by atoms with van der Waals surface area (Å²) in [6.45, 7) is 0. The second-order valence-corrected chi connectivity index (χ2v) is 14.5. The standard InChI is InChI=1S/C52H32N2/c1-2-13-37(14-3-1)53-49-20-9-6-17-41(49)46-31-36(25-30-50(46)53)45-32-44(42-28-23-34-11-10-12-35-24-29-43(45)52(42)51(34)35)33-21-26-38(27-22-33)54-47-18-7-4-15-39(47)40-16-5-8-19-48(40)54/h1-32H. The number of aromatic nitrogens is 2. The SMILES string of the molecule is c1ccc(-n2c3ccccc3c3cc(-c4cc(-c5ccc(-n6c7ccccc7c7ccccc76)cc5)c5ccc6cccc7ccc4c5c67)ccc32)cc1. The van der Waals surface area contributed by atoms with Crippen molar-refractivity contribution in [3.8, 4) is 33.6 Å². The van der Waals surface area contributed by atoms with Crippen LogP contribution in [0.4, 0.5) is 0 Å². The quantitative estimate of drug-likeness (QED) is 0.163. The van der Waals surface area contributed by atoms with Gasteiger partial charge in [-0.3, -0.25) is 0 Å². The third-order valence-electron chi connectivity index (χ3n) is 11.7. The van der Waals surface area contributed by atoms with Crippen molar-refractivity contribution in [2.45, 2.75) is 0 Å². The van der Waals surface area contributed by atoms with Crippen molar-refractivity contribution in [2.24, 2.45) is 0 Å². The summed E-state index contributed by atoms with van der Waals surface area (Å²) in [7, 11) is 0. The Bertz CT molecular complexity index is 3350. The predicted molar refractivity (Wildman–Crippen MR) is 230 cm³/mol. The molecule has 0 N–H and O–H groups in total. The molecule has 0 bridgehead atoms. The summed E-state index contributed by atoms with van der Waals surface area (Å²) < 4.78 is 4.79. The zero-order valence-electron chi connectivity index (χ0n) is 29.4. The highest BCUT2D eigenvalue weighted by Crippen LogP contribution is 2.45. The molecule has 2 heteroatoms. The Morgan fingerprint density at radius 1 is 0.259 bits per heavy atom. The van der Waals surface area contributed by atoms with E-state index in [-0.39, 0.29) is 0 Å². The molecule has 0 fully saturated rings. The molecule has 54 heavy (non-hydrogen) atoms. The number of para-hydroxylation sites is 4. The molecule has 0 saturated heterocycles. The van der Waals surface area contributed by atoms with Gasteiger partial charge in [0.2, 0.25) is 0 Å². The molecule has 0 unspecified atom stereocenters. The molecular formula is C52H32N2. The number of fused-ring (bicyclic) bond motifs is 6. The average molecular weight is 685 g/mol. The Morgan fingerprint density at radius 2 is 0.741 bits per heavy atom. The highest BCUT2D eigenvalue weighted by Gasteiger charge is 2.19. The molecule has 0 amide bonds. The van der Waals surface area contributed by atoms with Crippen LogP contribution in [0.1, 0.15) is 0 Å². The molecule has 10 aromatic carbocycles. The van der Waals surface area contributed by atoms with Crippen molar-refractivity contribution < 1.29 is 0 Å². The van der Waals surface area contributed by atoms with Gasteiger partial charge in [-0.15, -0.1) is 0 Å². The van der Waals surface area contributed by atoms with Crippen LogP contribution in [0.2, 0.25) is 0 Å². The van der Waals surface area contributed by atoms with E-state index < -0.39 is 0 Å². The van der Waals surface area contributed by atoms with Gasteiger partial charge >= 0.3 is 0 Å². The van der Waals surface area contributed by atoms with E-state index in [1.54, 1.807) is 0 Å². The molecule has 2 nitrogen and oxygen atoms in total.